The quantitative estimate of drug-likeness (QED) is 0.802. The van der Waals surface area contributed by atoms with Gasteiger partial charge in [0.2, 0.25) is 5.91 Å². The van der Waals surface area contributed by atoms with E-state index in [1.165, 1.54) is 0 Å². The van der Waals surface area contributed by atoms with Gasteiger partial charge in [-0.2, -0.15) is 5.10 Å². The van der Waals surface area contributed by atoms with Gasteiger partial charge in [0.25, 0.3) is 5.91 Å². The normalized spacial score (nSPS) is 16.0. The summed E-state index contributed by atoms with van der Waals surface area (Å²) in [6.07, 6.45) is 2.67. The summed E-state index contributed by atoms with van der Waals surface area (Å²) in [6, 6.07) is 9.23. The van der Waals surface area contributed by atoms with Crippen molar-refractivity contribution in [3.8, 4) is 5.69 Å². The maximum atomic E-state index is 12.8. The summed E-state index contributed by atoms with van der Waals surface area (Å²) in [7, 11) is 0. The van der Waals surface area contributed by atoms with Gasteiger partial charge in [-0.1, -0.05) is 24.6 Å². The zero-order valence-electron chi connectivity index (χ0n) is 16.3. The number of nitrogens with one attached hydrogen (secondary N) is 1. The molecular weight excluding hydrogens is 378 g/mol. The number of benzene rings is 1. The minimum atomic E-state index is -0.0931. The molecule has 1 saturated heterocycles. The van der Waals surface area contributed by atoms with E-state index in [4.69, 9.17) is 11.6 Å². The Hall–Kier alpha value is -2.38. The SMILES string of the molecule is CCC(C)NC(=O)CN1CCN(C(=O)c2ccn(-c3cccc(Cl)c3)n2)CC1. The highest BCUT2D eigenvalue weighted by molar-refractivity contribution is 6.30. The largest absolute Gasteiger partial charge is 0.353 e. The van der Waals surface area contributed by atoms with Crippen molar-refractivity contribution in [3.05, 3.63) is 47.2 Å². The summed E-state index contributed by atoms with van der Waals surface area (Å²) < 4.78 is 1.65. The molecule has 1 aromatic carbocycles. The number of hydrogen-bond acceptors (Lipinski definition) is 4. The number of hydrogen-bond donors (Lipinski definition) is 1. The first-order valence-corrected chi connectivity index (χ1v) is 9.96. The first-order chi connectivity index (χ1) is 13.5. The molecule has 7 nitrogen and oxygen atoms in total. The molecule has 2 aromatic rings. The fourth-order valence-electron chi connectivity index (χ4n) is 3.10. The van der Waals surface area contributed by atoms with E-state index in [0.717, 1.165) is 12.1 Å². The van der Waals surface area contributed by atoms with Gasteiger partial charge in [-0.15, -0.1) is 0 Å². The lowest BCUT2D eigenvalue weighted by Gasteiger charge is -2.34. The van der Waals surface area contributed by atoms with Crippen molar-refractivity contribution in [2.45, 2.75) is 26.3 Å². The first-order valence-electron chi connectivity index (χ1n) is 9.59. The third kappa shape index (κ3) is 5.11. The molecule has 2 amide bonds. The number of amides is 2. The van der Waals surface area contributed by atoms with E-state index < -0.39 is 0 Å². The van der Waals surface area contributed by atoms with Crippen LogP contribution in [0.25, 0.3) is 5.69 Å². The van der Waals surface area contributed by atoms with Crippen LogP contribution in [0, 0.1) is 0 Å². The molecule has 2 heterocycles. The Kier molecular flexibility index (Phi) is 6.70. The zero-order valence-corrected chi connectivity index (χ0v) is 17.0. The molecule has 0 spiro atoms. The van der Waals surface area contributed by atoms with E-state index in [1.807, 2.05) is 26.0 Å². The van der Waals surface area contributed by atoms with Crippen molar-refractivity contribution in [1.29, 1.82) is 0 Å². The first kappa shape index (κ1) is 20.4. The fourth-order valence-corrected chi connectivity index (χ4v) is 3.28. The molecule has 28 heavy (non-hydrogen) atoms. The fraction of sp³-hybridized carbons (Fsp3) is 0.450. The average molecular weight is 404 g/mol. The van der Waals surface area contributed by atoms with Crippen molar-refractivity contribution in [1.82, 2.24) is 24.9 Å². The molecule has 1 atom stereocenters. The minimum Gasteiger partial charge on any atom is -0.353 e. The number of halogens is 1. The van der Waals surface area contributed by atoms with Crippen LogP contribution in [0.15, 0.2) is 36.5 Å². The van der Waals surface area contributed by atoms with E-state index in [1.54, 1.807) is 34.0 Å². The lowest BCUT2D eigenvalue weighted by Crippen LogP contribution is -2.51. The molecule has 3 rings (SSSR count). The van der Waals surface area contributed by atoms with Crippen molar-refractivity contribution in [3.63, 3.8) is 0 Å². The number of aromatic nitrogens is 2. The Labute approximate surface area is 170 Å². The third-order valence-corrected chi connectivity index (χ3v) is 5.16. The third-order valence-electron chi connectivity index (χ3n) is 4.93. The van der Waals surface area contributed by atoms with Crippen LogP contribution in [-0.4, -0.2) is 70.2 Å². The van der Waals surface area contributed by atoms with Crippen LogP contribution in [0.4, 0.5) is 0 Å². The molecule has 0 bridgehead atoms. The van der Waals surface area contributed by atoms with E-state index in [2.05, 4.69) is 15.3 Å². The molecular formula is C20H26ClN5O2. The molecule has 1 N–H and O–H groups in total. The summed E-state index contributed by atoms with van der Waals surface area (Å²) in [5.41, 5.74) is 1.21. The predicted octanol–water partition coefficient (Wildman–Crippen LogP) is 2.20. The Bertz CT molecular complexity index is 830. The van der Waals surface area contributed by atoms with Crippen molar-refractivity contribution in [2.24, 2.45) is 0 Å². The van der Waals surface area contributed by atoms with Crippen LogP contribution < -0.4 is 5.32 Å². The molecule has 1 fully saturated rings. The number of piperazine rings is 1. The average Bonchev–Trinajstić information content (AvgIpc) is 3.18. The van der Waals surface area contributed by atoms with Crippen molar-refractivity contribution >= 4 is 23.4 Å². The molecule has 0 saturated carbocycles. The van der Waals surface area contributed by atoms with E-state index in [-0.39, 0.29) is 17.9 Å². The highest BCUT2D eigenvalue weighted by atomic mass is 35.5. The van der Waals surface area contributed by atoms with Gasteiger partial charge in [-0.05, 0) is 37.6 Å². The molecule has 8 heteroatoms. The molecule has 1 aliphatic rings. The standard InChI is InChI=1S/C20H26ClN5O2/c1-3-15(2)22-19(27)14-24-9-11-25(12-10-24)20(28)18-7-8-26(23-18)17-6-4-5-16(21)13-17/h4-8,13,15H,3,9-12,14H2,1-2H3,(H,22,27). The van der Waals surface area contributed by atoms with E-state index in [0.29, 0.717) is 43.4 Å². The zero-order chi connectivity index (χ0) is 20.1. The van der Waals surface area contributed by atoms with E-state index >= 15 is 0 Å². The lowest BCUT2D eigenvalue weighted by atomic mass is 10.2. The van der Waals surface area contributed by atoms with Crippen molar-refractivity contribution < 1.29 is 9.59 Å². The number of carbonyl (C=O) groups is 2. The number of nitrogens with zero attached hydrogens (tertiary/aromatic N) is 4. The maximum absolute atomic E-state index is 12.8. The summed E-state index contributed by atoms with van der Waals surface area (Å²) >= 11 is 6.02. The van der Waals surface area contributed by atoms with Gasteiger partial charge in [-0.25, -0.2) is 4.68 Å². The predicted molar refractivity (Wildman–Crippen MR) is 109 cm³/mol. The van der Waals surface area contributed by atoms with Crippen LogP contribution >= 0.6 is 11.6 Å². The van der Waals surface area contributed by atoms with Gasteiger partial charge >= 0.3 is 0 Å². The highest BCUT2D eigenvalue weighted by Gasteiger charge is 2.25. The number of carbonyl (C=O) groups excluding carboxylic acids is 2. The molecule has 0 aliphatic carbocycles. The van der Waals surface area contributed by atoms with Gasteiger partial charge in [-0.3, -0.25) is 14.5 Å². The Balaban J connectivity index is 1.54. The number of rotatable bonds is 6. The molecule has 150 valence electrons. The maximum Gasteiger partial charge on any atom is 0.274 e. The van der Waals surface area contributed by atoms with E-state index in [9.17, 15) is 9.59 Å². The second-order valence-electron chi connectivity index (χ2n) is 7.07. The molecule has 0 radical (unpaired) electrons. The van der Waals surface area contributed by atoms with Gasteiger partial charge in [0.05, 0.1) is 12.2 Å². The van der Waals surface area contributed by atoms with Crippen LogP contribution in [0.2, 0.25) is 5.02 Å². The molecule has 1 aromatic heterocycles. The Morgan fingerprint density at radius 2 is 1.96 bits per heavy atom. The highest BCUT2D eigenvalue weighted by Crippen LogP contribution is 2.15. The van der Waals surface area contributed by atoms with Gasteiger partial charge in [0.1, 0.15) is 0 Å². The minimum absolute atomic E-state index is 0.0365. The summed E-state index contributed by atoms with van der Waals surface area (Å²) in [5, 5.41) is 7.99. The summed E-state index contributed by atoms with van der Waals surface area (Å²) in [6.45, 7) is 6.93. The molecule has 1 aliphatic heterocycles. The monoisotopic (exact) mass is 403 g/mol. The van der Waals surface area contributed by atoms with Crippen LogP contribution in [0.1, 0.15) is 30.8 Å². The Morgan fingerprint density at radius 1 is 1.21 bits per heavy atom. The Morgan fingerprint density at radius 3 is 2.64 bits per heavy atom. The van der Waals surface area contributed by atoms with Gasteiger partial charge in [0, 0.05) is 43.4 Å². The smallest absolute Gasteiger partial charge is 0.274 e. The lowest BCUT2D eigenvalue weighted by molar-refractivity contribution is -0.123. The topological polar surface area (TPSA) is 70.5 Å². The molecule has 1 unspecified atom stereocenters. The summed E-state index contributed by atoms with van der Waals surface area (Å²) in [4.78, 5) is 28.6. The second kappa shape index (κ2) is 9.21. The van der Waals surface area contributed by atoms with Crippen LogP contribution in [-0.2, 0) is 4.79 Å². The summed E-state index contributed by atoms with van der Waals surface area (Å²) in [5.74, 6) is -0.0566. The van der Waals surface area contributed by atoms with Gasteiger partial charge < -0.3 is 10.2 Å². The van der Waals surface area contributed by atoms with Crippen LogP contribution in [0.5, 0.6) is 0 Å². The van der Waals surface area contributed by atoms with Crippen LogP contribution in [0.3, 0.4) is 0 Å². The second-order valence-corrected chi connectivity index (χ2v) is 7.51. The van der Waals surface area contributed by atoms with Gasteiger partial charge in [0.15, 0.2) is 5.69 Å². The van der Waals surface area contributed by atoms with Crippen molar-refractivity contribution in [2.75, 3.05) is 32.7 Å².